The van der Waals surface area contributed by atoms with E-state index in [9.17, 15) is 9.90 Å². The van der Waals surface area contributed by atoms with E-state index in [1.54, 1.807) is 14.0 Å². The number of piperidine rings is 1. The minimum Gasteiger partial charge on any atom is -0.480 e. The number of nitrogens with one attached hydrogen (secondary N) is 1. The lowest BCUT2D eigenvalue weighted by Crippen LogP contribution is -2.47. The maximum atomic E-state index is 11.2. The number of likely N-dealkylation sites (tertiary alicyclic amines) is 1. The van der Waals surface area contributed by atoms with Crippen LogP contribution in [0.1, 0.15) is 52.9 Å². The standard InChI is InChI=1S/C15H30N2O2/c1-14(2)8-7-11-17(12-14)10-6-5-9-15(3,16-4)13(18)19/h16H,5-12H2,1-4H3,(H,18,19). The molecule has 2 N–H and O–H groups in total. The molecule has 112 valence electrons. The Bertz CT molecular complexity index is 305. The van der Waals surface area contributed by atoms with Gasteiger partial charge in [-0.1, -0.05) is 13.8 Å². The molecule has 1 aliphatic rings. The molecule has 0 aromatic rings. The van der Waals surface area contributed by atoms with Gasteiger partial charge >= 0.3 is 5.97 Å². The normalized spacial score (nSPS) is 22.9. The van der Waals surface area contributed by atoms with Gasteiger partial charge in [-0.15, -0.1) is 0 Å². The third-order valence-corrected chi connectivity index (χ3v) is 4.40. The Morgan fingerprint density at radius 1 is 1.42 bits per heavy atom. The van der Waals surface area contributed by atoms with Gasteiger partial charge < -0.3 is 15.3 Å². The zero-order valence-electron chi connectivity index (χ0n) is 13.0. The first-order valence-electron chi connectivity index (χ1n) is 7.44. The summed E-state index contributed by atoms with van der Waals surface area (Å²) in [6.45, 7) is 9.91. The average Bonchev–Trinajstić information content (AvgIpc) is 2.33. The minimum atomic E-state index is -0.777. The Morgan fingerprint density at radius 3 is 2.63 bits per heavy atom. The topological polar surface area (TPSA) is 52.6 Å². The van der Waals surface area contributed by atoms with E-state index in [1.807, 2.05) is 0 Å². The van der Waals surface area contributed by atoms with Crippen molar-refractivity contribution in [1.82, 2.24) is 10.2 Å². The second-order valence-corrected chi connectivity index (χ2v) is 6.89. The number of carboxylic acids is 1. The average molecular weight is 270 g/mol. The molecule has 0 aromatic carbocycles. The highest BCUT2D eigenvalue weighted by molar-refractivity contribution is 5.78. The fourth-order valence-corrected chi connectivity index (χ4v) is 2.89. The van der Waals surface area contributed by atoms with Crippen LogP contribution in [0.3, 0.4) is 0 Å². The number of carbonyl (C=O) groups is 1. The highest BCUT2D eigenvalue weighted by Gasteiger charge is 2.30. The first-order valence-corrected chi connectivity index (χ1v) is 7.44. The molecule has 1 aliphatic heterocycles. The molecule has 1 rings (SSSR count). The highest BCUT2D eigenvalue weighted by atomic mass is 16.4. The van der Waals surface area contributed by atoms with E-state index in [-0.39, 0.29) is 0 Å². The Labute approximate surface area is 117 Å². The van der Waals surface area contributed by atoms with Crippen LogP contribution >= 0.6 is 0 Å². The van der Waals surface area contributed by atoms with E-state index in [2.05, 4.69) is 24.1 Å². The van der Waals surface area contributed by atoms with Crippen LogP contribution in [-0.4, -0.2) is 48.2 Å². The van der Waals surface area contributed by atoms with E-state index in [1.165, 1.54) is 25.9 Å². The second kappa shape index (κ2) is 6.71. The second-order valence-electron chi connectivity index (χ2n) is 6.89. The van der Waals surface area contributed by atoms with Crippen LogP contribution in [-0.2, 0) is 4.79 Å². The van der Waals surface area contributed by atoms with Gasteiger partial charge in [0.1, 0.15) is 5.54 Å². The van der Waals surface area contributed by atoms with Crippen LogP contribution in [0, 0.1) is 5.41 Å². The molecule has 0 aliphatic carbocycles. The van der Waals surface area contributed by atoms with Crippen molar-refractivity contribution in [1.29, 1.82) is 0 Å². The van der Waals surface area contributed by atoms with E-state index in [4.69, 9.17) is 0 Å². The van der Waals surface area contributed by atoms with E-state index in [0.717, 1.165) is 19.4 Å². The van der Waals surface area contributed by atoms with E-state index in [0.29, 0.717) is 11.8 Å². The molecule has 1 unspecified atom stereocenters. The van der Waals surface area contributed by atoms with Crippen LogP contribution < -0.4 is 5.32 Å². The number of carboxylic acid groups (broad SMARTS) is 1. The number of aliphatic carboxylic acids is 1. The smallest absolute Gasteiger partial charge is 0.323 e. The molecule has 0 saturated carbocycles. The molecule has 1 saturated heterocycles. The van der Waals surface area contributed by atoms with Crippen molar-refractivity contribution in [2.45, 2.75) is 58.4 Å². The van der Waals surface area contributed by atoms with Gasteiger partial charge in [-0.3, -0.25) is 4.79 Å². The van der Waals surface area contributed by atoms with Crippen LogP contribution in [0.25, 0.3) is 0 Å². The Kier molecular flexibility index (Phi) is 5.81. The number of likely N-dealkylation sites (N-methyl/N-ethyl adjacent to an activating group) is 1. The Morgan fingerprint density at radius 2 is 2.11 bits per heavy atom. The molecule has 0 aromatic heterocycles. The van der Waals surface area contributed by atoms with Crippen molar-refractivity contribution >= 4 is 5.97 Å². The lowest BCUT2D eigenvalue weighted by Gasteiger charge is -2.38. The van der Waals surface area contributed by atoms with Gasteiger partial charge in [0, 0.05) is 6.54 Å². The zero-order chi connectivity index (χ0) is 14.5. The number of unbranched alkanes of at least 4 members (excludes halogenated alkanes) is 1. The molecule has 0 radical (unpaired) electrons. The molecular formula is C15H30N2O2. The molecule has 0 bridgehead atoms. The molecule has 1 heterocycles. The molecule has 1 fully saturated rings. The van der Waals surface area contributed by atoms with Crippen LogP contribution in [0.2, 0.25) is 0 Å². The maximum Gasteiger partial charge on any atom is 0.323 e. The summed E-state index contributed by atoms with van der Waals surface area (Å²) in [5.74, 6) is -0.755. The third-order valence-electron chi connectivity index (χ3n) is 4.40. The highest BCUT2D eigenvalue weighted by Crippen LogP contribution is 2.28. The van der Waals surface area contributed by atoms with Crippen LogP contribution in [0.4, 0.5) is 0 Å². The van der Waals surface area contributed by atoms with Crippen LogP contribution in [0.15, 0.2) is 0 Å². The Hall–Kier alpha value is -0.610. The largest absolute Gasteiger partial charge is 0.480 e. The summed E-state index contributed by atoms with van der Waals surface area (Å²) in [6.07, 6.45) is 5.34. The molecular weight excluding hydrogens is 240 g/mol. The van der Waals surface area contributed by atoms with Crippen molar-refractivity contribution in [3.8, 4) is 0 Å². The van der Waals surface area contributed by atoms with E-state index < -0.39 is 11.5 Å². The van der Waals surface area contributed by atoms with Gasteiger partial charge in [0.05, 0.1) is 0 Å². The van der Waals surface area contributed by atoms with Crippen molar-refractivity contribution in [3.05, 3.63) is 0 Å². The maximum absolute atomic E-state index is 11.2. The lowest BCUT2D eigenvalue weighted by molar-refractivity contribution is -0.144. The van der Waals surface area contributed by atoms with Gasteiger partial charge in [0.15, 0.2) is 0 Å². The zero-order valence-corrected chi connectivity index (χ0v) is 13.0. The molecule has 0 spiro atoms. The molecule has 19 heavy (non-hydrogen) atoms. The van der Waals surface area contributed by atoms with Crippen molar-refractivity contribution in [2.24, 2.45) is 5.41 Å². The molecule has 4 heteroatoms. The van der Waals surface area contributed by atoms with Gasteiger partial charge in [-0.25, -0.2) is 0 Å². The van der Waals surface area contributed by atoms with Crippen LogP contribution in [0.5, 0.6) is 0 Å². The van der Waals surface area contributed by atoms with Crippen molar-refractivity contribution in [3.63, 3.8) is 0 Å². The first-order chi connectivity index (χ1) is 8.79. The van der Waals surface area contributed by atoms with Gasteiger partial charge in [0.2, 0.25) is 0 Å². The molecule has 4 nitrogen and oxygen atoms in total. The summed E-state index contributed by atoms with van der Waals surface area (Å²) in [4.78, 5) is 13.7. The monoisotopic (exact) mass is 270 g/mol. The third kappa shape index (κ3) is 5.11. The number of hydrogen-bond donors (Lipinski definition) is 2. The summed E-state index contributed by atoms with van der Waals surface area (Å²) in [7, 11) is 1.72. The van der Waals surface area contributed by atoms with Gasteiger partial charge in [0.25, 0.3) is 0 Å². The lowest BCUT2D eigenvalue weighted by atomic mass is 9.84. The minimum absolute atomic E-state index is 0.443. The predicted octanol–water partition coefficient (Wildman–Crippen LogP) is 2.34. The SMILES string of the molecule is CNC(C)(CCCCN1CCCC(C)(C)C1)C(=O)O. The number of rotatable bonds is 7. The Balaban J connectivity index is 2.25. The predicted molar refractivity (Wildman–Crippen MR) is 78.4 cm³/mol. The fraction of sp³-hybridized carbons (Fsp3) is 0.933. The number of nitrogens with zero attached hydrogens (tertiary/aromatic N) is 1. The number of hydrogen-bond acceptors (Lipinski definition) is 3. The summed E-state index contributed by atoms with van der Waals surface area (Å²) in [6, 6.07) is 0. The van der Waals surface area contributed by atoms with Crippen molar-refractivity contribution < 1.29 is 9.90 Å². The fourth-order valence-electron chi connectivity index (χ4n) is 2.89. The quantitative estimate of drug-likeness (QED) is 0.697. The summed E-state index contributed by atoms with van der Waals surface area (Å²) < 4.78 is 0. The van der Waals surface area contributed by atoms with Gasteiger partial charge in [-0.05, 0) is 64.6 Å². The van der Waals surface area contributed by atoms with Crippen molar-refractivity contribution in [2.75, 3.05) is 26.7 Å². The molecule has 0 amide bonds. The summed E-state index contributed by atoms with van der Waals surface area (Å²) in [5, 5.41) is 12.1. The molecule has 1 atom stereocenters. The van der Waals surface area contributed by atoms with Gasteiger partial charge in [-0.2, -0.15) is 0 Å². The first kappa shape index (κ1) is 16.4. The summed E-state index contributed by atoms with van der Waals surface area (Å²) >= 11 is 0. The summed E-state index contributed by atoms with van der Waals surface area (Å²) in [5.41, 5.74) is -0.333. The van der Waals surface area contributed by atoms with E-state index >= 15 is 0 Å².